The van der Waals surface area contributed by atoms with E-state index >= 15 is 0 Å². The summed E-state index contributed by atoms with van der Waals surface area (Å²) in [5.74, 6) is 0. The first kappa shape index (κ1) is 10.5. The molecule has 0 spiro atoms. The minimum atomic E-state index is 1.18. The van der Waals surface area contributed by atoms with E-state index in [0.717, 1.165) is 0 Å². The van der Waals surface area contributed by atoms with Gasteiger partial charge in [-0.3, -0.25) is 0 Å². The third-order valence-electron chi connectivity index (χ3n) is 1.63. The van der Waals surface area contributed by atoms with Crippen LogP contribution in [-0.4, -0.2) is 0 Å². The molecule has 0 aliphatic carbocycles. The van der Waals surface area contributed by atoms with Crippen LogP contribution < -0.4 is 0 Å². The highest BCUT2D eigenvalue weighted by molar-refractivity contribution is 4.81. The summed E-state index contributed by atoms with van der Waals surface area (Å²) in [6.45, 7) is 4.26. The molecule has 0 saturated carbocycles. The quantitative estimate of drug-likeness (QED) is 0.397. The van der Waals surface area contributed by atoms with Crippen LogP contribution in [0.4, 0.5) is 0 Å². The first-order chi connectivity index (χ1) is 5.41. The standard InChI is InChI=1S/C11H20/c1-3-5-7-9-11-10-8-6-4-2/h3,5-6,8H,4,7,9-11H2,1-2H3. The second kappa shape index (κ2) is 9.48. The van der Waals surface area contributed by atoms with Crippen LogP contribution in [0, 0.1) is 0 Å². The molecule has 0 atom stereocenters. The van der Waals surface area contributed by atoms with Gasteiger partial charge >= 0.3 is 0 Å². The molecule has 0 amide bonds. The lowest BCUT2D eigenvalue weighted by molar-refractivity contribution is 0.760. The van der Waals surface area contributed by atoms with Gasteiger partial charge in [-0.1, -0.05) is 31.2 Å². The minimum Gasteiger partial charge on any atom is -0.0917 e. The second-order valence-electron chi connectivity index (χ2n) is 2.73. The highest BCUT2D eigenvalue weighted by Gasteiger charge is 1.81. The van der Waals surface area contributed by atoms with Gasteiger partial charge in [-0.2, -0.15) is 0 Å². The molecule has 0 bridgehead atoms. The van der Waals surface area contributed by atoms with Crippen LogP contribution in [0.15, 0.2) is 24.3 Å². The van der Waals surface area contributed by atoms with Crippen LogP contribution in [0.5, 0.6) is 0 Å². The molecule has 0 heteroatoms. The largest absolute Gasteiger partial charge is 0.0917 e. The van der Waals surface area contributed by atoms with Crippen LogP contribution in [0.25, 0.3) is 0 Å². The van der Waals surface area contributed by atoms with Gasteiger partial charge in [-0.25, -0.2) is 0 Å². The van der Waals surface area contributed by atoms with Crippen molar-refractivity contribution in [1.29, 1.82) is 0 Å². The van der Waals surface area contributed by atoms with Crippen molar-refractivity contribution in [2.24, 2.45) is 0 Å². The molecule has 0 aliphatic rings. The summed E-state index contributed by atoms with van der Waals surface area (Å²) in [6.07, 6.45) is 15.2. The van der Waals surface area contributed by atoms with Gasteiger partial charge in [0.05, 0.1) is 0 Å². The smallest absolute Gasteiger partial charge is 0.0351 e. The zero-order valence-corrected chi connectivity index (χ0v) is 7.84. The van der Waals surface area contributed by atoms with Crippen LogP contribution in [0.2, 0.25) is 0 Å². The van der Waals surface area contributed by atoms with Crippen molar-refractivity contribution < 1.29 is 0 Å². The molecule has 0 N–H and O–H groups in total. The van der Waals surface area contributed by atoms with Crippen molar-refractivity contribution in [3.05, 3.63) is 24.3 Å². The fourth-order valence-corrected chi connectivity index (χ4v) is 0.976. The molecule has 0 radical (unpaired) electrons. The van der Waals surface area contributed by atoms with Crippen LogP contribution in [0.1, 0.15) is 46.0 Å². The van der Waals surface area contributed by atoms with Gasteiger partial charge in [0, 0.05) is 0 Å². The summed E-state index contributed by atoms with van der Waals surface area (Å²) in [5.41, 5.74) is 0. The molecule has 0 nitrogen and oxygen atoms in total. The molecule has 0 aliphatic heterocycles. The third kappa shape index (κ3) is 9.48. The van der Waals surface area contributed by atoms with Crippen molar-refractivity contribution in [2.45, 2.75) is 46.0 Å². The van der Waals surface area contributed by atoms with Gasteiger partial charge < -0.3 is 0 Å². The van der Waals surface area contributed by atoms with Gasteiger partial charge in [0.25, 0.3) is 0 Å². The maximum atomic E-state index is 2.29. The van der Waals surface area contributed by atoms with E-state index in [9.17, 15) is 0 Å². The number of allylic oxidation sites excluding steroid dienone is 4. The third-order valence-corrected chi connectivity index (χ3v) is 1.63. The zero-order chi connectivity index (χ0) is 8.36. The van der Waals surface area contributed by atoms with Crippen molar-refractivity contribution in [3.8, 4) is 0 Å². The molecule has 0 rings (SSSR count). The molecule has 0 aromatic carbocycles. The topological polar surface area (TPSA) is 0 Å². The average molecular weight is 152 g/mol. The highest BCUT2D eigenvalue weighted by atomic mass is 13.9. The molecular weight excluding hydrogens is 132 g/mol. The van der Waals surface area contributed by atoms with E-state index in [4.69, 9.17) is 0 Å². The summed E-state index contributed by atoms with van der Waals surface area (Å²) in [5, 5.41) is 0. The molecule has 0 aromatic rings. The van der Waals surface area contributed by atoms with Crippen molar-refractivity contribution >= 4 is 0 Å². The summed E-state index contributed by atoms with van der Waals surface area (Å²) in [4.78, 5) is 0. The van der Waals surface area contributed by atoms with Gasteiger partial charge in [-0.15, -0.1) is 0 Å². The highest BCUT2D eigenvalue weighted by Crippen LogP contribution is 2.01. The number of hydrogen-bond acceptors (Lipinski definition) is 0. The lowest BCUT2D eigenvalue weighted by Crippen LogP contribution is -1.71. The summed E-state index contributed by atoms with van der Waals surface area (Å²) >= 11 is 0. The summed E-state index contributed by atoms with van der Waals surface area (Å²) in [7, 11) is 0. The number of rotatable bonds is 6. The van der Waals surface area contributed by atoms with E-state index in [1.54, 1.807) is 0 Å². The second-order valence-corrected chi connectivity index (χ2v) is 2.73. The number of unbranched alkanes of at least 4 members (excludes halogenated alkanes) is 3. The Morgan fingerprint density at radius 1 is 0.909 bits per heavy atom. The predicted octanol–water partition coefficient (Wildman–Crippen LogP) is 4.09. The van der Waals surface area contributed by atoms with Crippen LogP contribution in [0.3, 0.4) is 0 Å². The molecular formula is C11H20. The predicted molar refractivity (Wildman–Crippen MR) is 52.7 cm³/mol. The van der Waals surface area contributed by atoms with Crippen molar-refractivity contribution in [2.75, 3.05) is 0 Å². The molecule has 0 saturated heterocycles. The lowest BCUT2D eigenvalue weighted by atomic mass is 10.2. The lowest BCUT2D eigenvalue weighted by Gasteiger charge is -1.91. The normalized spacial score (nSPS) is 11.8. The van der Waals surface area contributed by atoms with E-state index in [2.05, 4.69) is 38.2 Å². The minimum absolute atomic E-state index is 1.18. The van der Waals surface area contributed by atoms with Gasteiger partial charge in [0.15, 0.2) is 0 Å². The fourth-order valence-electron chi connectivity index (χ4n) is 0.976. The van der Waals surface area contributed by atoms with E-state index < -0.39 is 0 Å². The SMILES string of the molecule is CC=CCCCCC=CCC. The van der Waals surface area contributed by atoms with Crippen molar-refractivity contribution in [3.63, 3.8) is 0 Å². The Morgan fingerprint density at radius 3 is 2.09 bits per heavy atom. The summed E-state index contributed by atoms with van der Waals surface area (Å²) in [6, 6.07) is 0. The van der Waals surface area contributed by atoms with E-state index in [-0.39, 0.29) is 0 Å². The Labute approximate surface area is 71.0 Å². The van der Waals surface area contributed by atoms with E-state index in [1.165, 1.54) is 32.1 Å². The van der Waals surface area contributed by atoms with E-state index in [0.29, 0.717) is 0 Å². The van der Waals surface area contributed by atoms with Crippen LogP contribution >= 0.6 is 0 Å². The average Bonchev–Trinajstić information content (AvgIpc) is 2.03. The Kier molecular flexibility index (Phi) is 9.03. The van der Waals surface area contributed by atoms with Crippen molar-refractivity contribution in [1.82, 2.24) is 0 Å². The molecule has 0 aromatic heterocycles. The van der Waals surface area contributed by atoms with E-state index in [1.807, 2.05) is 0 Å². The monoisotopic (exact) mass is 152 g/mol. The Bertz CT molecular complexity index is 109. The Morgan fingerprint density at radius 2 is 1.55 bits per heavy atom. The number of hydrogen-bond donors (Lipinski definition) is 0. The fraction of sp³-hybridized carbons (Fsp3) is 0.636. The Balaban J connectivity index is 2.96. The van der Waals surface area contributed by atoms with Crippen LogP contribution in [-0.2, 0) is 0 Å². The Hall–Kier alpha value is -0.520. The molecule has 0 fully saturated rings. The first-order valence-electron chi connectivity index (χ1n) is 4.68. The molecule has 11 heavy (non-hydrogen) atoms. The molecule has 0 heterocycles. The molecule has 0 unspecified atom stereocenters. The summed E-state index contributed by atoms with van der Waals surface area (Å²) < 4.78 is 0. The maximum absolute atomic E-state index is 2.29. The van der Waals surface area contributed by atoms with Gasteiger partial charge in [0.2, 0.25) is 0 Å². The zero-order valence-electron chi connectivity index (χ0n) is 7.84. The van der Waals surface area contributed by atoms with Gasteiger partial charge in [-0.05, 0) is 39.0 Å². The maximum Gasteiger partial charge on any atom is -0.0351 e. The molecule has 64 valence electrons. The van der Waals surface area contributed by atoms with Gasteiger partial charge in [0.1, 0.15) is 0 Å². The first-order valence-corrected chi connectivity index (χ1v) is 4.68.